The number of carbonyl (C=O) groups is 1. The molecule has 0 saturated carbocycles. The van der Waals surface area contributed by atoms with Gasteiger partial charge in [-0.05, 0) is 24.6 Å². The van der Waals surface area contributed by atoms with Gasteiger partial charge in [0.15, 0.2) is 5.96 Å². The van der Waals surface area contributed by atoms with Crippen LogP contribution >= 0.6 is 35.6 Å². The van der Waals surface area contributed by atoms with Crippen LogP contribution in [-0.2, 0) is 11.3 Å². The number of carbonyl (C=O) groups excluding carboxylic acids is 1. The SMILES string of the molecule is CCNC(=NCC(C)(C)CO)N1CCN(Cc2ccc(Cl)cc2)C(=O)C1.I. The Hall–Kier alpha value is -1.06. The summed E-state index contributed by atoms with van der Waals surface area (Å²) in [5.41, 5.74) is 0.794. The lowest BCUT2D eigenvalue weighted by molar-refractivity contribution is -0.135. The van der Waals surface area contributed by atoms with E-state index in [1.807, 2.05) is 54.8 Å². The number of hydrogen-bond acceptors (Lipinski definition) is 3. The van der Waals surface area contributed by atoms with E-state index in [0.717, 1.165) is 24.6 Å². The Balaban J connectivity index is 0.00000364. The van der Waals surface area contributed by atoms with Crippen LogP contribution in [0.3, 0.4) is 0 Å². The zero-order valence-corrected chi connectivity index (χ0v) is 19.3. The van der Waals surface area contributed by atoms with Crippen LogP contribution < -0.4 is 5.32 Å². The topological polar surface area (TPSA) is 68.2 Å². The van der Waals surface area contributed by atoms with Gasteiger partial charge >= 0.3 is 0 Å². The molecule has 2 rings (SSSR count). The standard InChI is InChI=1S/C19H29ClN4O2.HI/c1-4-21-18(22-13-19(2,3)14-25)24-10-9-23(17(26)12-24)11-15-5-7-16(20)8-6-15;/h5-8,25H,4,9-14H2,1-3H3,(H,21,22);1H. The number of nitrogens with one attached hydrogen (secondary N) is 1. The number of guanidine groups is 1. The van der Waals surface area contributed by atoms with Crippen molar-refractivity contribution in [2.24, 2.45) is 10.4 Å². The minimum Gasteiger partial charge on any atom is -0.396 e. The number of aliphatic hydroxyl groups is 1. The van der Waals surface area contributed by atoms with Gasteiger partial charge in [0.1, 0.15) is 0 Å². The number of nitrogens with zero attached hydrogens (tertiary/aromatic N) is 3. The van der Waals surface area contributed by atoms with Crippen LogP contribution in [0.2, 0.25) is 5.02 Å². The summed E-state index contributed by atoms with van der Waals surface area (Å²) < 4.78 is 0. The average molecular weight is 509 g/mol. The Bertz CT molecular complexity index is 637. The predicted octanol–water partition coefficient (Wildman–Crippen LogP) is 2.59. The lowest BCUT2D eigenvalue weighted by atomic mass is 9.95. The van der Waals surface area contributed by atoms with Gasteiger partial charge in [-0.15, -0.1) is 24.0 Å². The summed E-state index contributed by atoms with van der Waals surface area (Å²) in [4.78, 5) is 21.0. The Labute approximate surface area is 184 Å². The summed E-state index contributed by atoms with van der Waals surface area (Å²) in [7, 11) is 0. The van der Waals surface area contributed by atoms with Gasteiger partial charge in [0, 0.05) is 43.2 Å². The first kappa shape index (κ1) is 24.0. The second kappa shape index (κ2) is 11.1. The molecule has 6 nitrogen and oxygen atoms in total. The highest BCUT2D eigenvalue weighted by molar-refractivity contribution is 14.0. The Morgan fingerprint density at radius 2 is 1.96 bits per heavy atom. The molecule has 27 heavy (non-hydrogen) atoms. The monoisotopic (exact) mass is 508 g/mol. The van der Waals surface area contributed by atoms with Gasteiger partial charge < -0.3 is 20.2 Å². The minimum absolute atomic E-state index is 0. The van der Waals surface area contributed by atoms with E-state index >= 15 is 0 Å². The van der Waals surface area contributed by atoms with E-state index in [0.29, 0.717) is 31.2 Å². The fourth-order valence-corrected chi connectivity index (χ4v) is 2.76. The van der Waals surface area contributed by atoms with Crippen LogP contribution in [-0.4, -0.2) is 66.1 Å². The molecule has 1 heterocycles. The molecule has 0 aliphatic carbocycles. The molecule has 2 N–H and O–H groups in total. The second-order valence-corrected chi connectivity index (χ2v) is 7.79. The normalized spacial score (nSPS) is 15.6. The van der Waals surface area contributed by atoms with Gasteiger partial charge in [0.25, 0.3) is 0 Å². The molecule has 8 heteroatoms. The minimum atomic E-state index is -0.277. The van der Waals surface area contributed by atoms with Crippen molar-refractivity contribution in [3.63, 3.8) is 0 Å². The van der Waals surface area contributed by atoms with Gasteiger partial charge in [0.05, 0.1) is 13.1 Å². The molecule has 0 unspecified atom stereocenters. The molecule has 1 aromatic carbocycles. The fourth-order valence-electron chi connectivity index (χ4n) is 2.63. The summed E-state index contributed by atoms with van der Waals surface area (Å²) >= 11 is 5.92. The van der Waals surface area contributed by atoms with Crippen LogP contribution in [0.1, 0.15) is 26.3 Å². The largest absolute Gasteiger partial charge is 0.396 e. The number of aliphatic hydroxyl groups excluding tert-OH is 1. The van der Waals surface area contributed by atoms with Crippen LogP contribution in [0.25, 0.3) is 0 Å². The Kier molecular flexibility index (Phi) is 9.83. The van der Waals surface area contributed by atoms with Gasteiger partial charge in [-0.1, -0.05) is 37.6 Å². The number of rotatable bonds is 6. The molecule has 0 aromatic heterocycles. The van der Waals surface area contributed by atoms with Crippen LogP contribution in [0.5, 0.6) is 0 Å². The number of aliphatic imine (C=N–C) groups is 1. The van der Waals surface area contributed by atoms with Crippen LogP contribution in [0.15, 0.2) is 29.3 Å². The molecule has 0 spiro atoms. The zero-order valence-electron chi connectivity index (χ0n) is 16.2. The number of hydrogen-bond donors (Lipinski definition) is 2. The van der Waals surface area contributed by atoms with E-state index in [2.05, 4.69) is 10.3 Å². The lowest BCUT2D eigenvalue weighted by Crippen LogP contribution is -2.55. The molecule has 0 radical (unpaired) electrons. The highest BCUT2D eigenvalue weighted by Crippen LogP contribution is 2.16. The quantitative estimate of drug-likeness (QED) is 0.352. The first-order valence-corrected chi connectivity index (χ1v) is 9.39. The van der Waals surface area contributed by atoms with E-state index in [1.165, 1.54) is 0 Å². The van der Waals surface area contributed by atoms with E-state index in [1.54, 1.807) is 0 Å². The van der Waals surface area contributed by atoms with Crippen molar-refractivity contribution in [3.05, 3.63) is 34.9 Å². The second-order valence-electron chi connectivity index (χ2n) is 7.36. The molecule has 152 valence electrons. The smallest absolute Gasteiger partial charge is 0.242 e. The summed E-state index contributed by atoms with van der Waals surface area (Å²) in [5, 5.41) is 13.4. The molecular formula is C19H30ClIN4O2. The molecule has 1 aromatic rings. The van der Waals surface area contributed by atoms with Crippen molar-refractivity contribution < 1.29 is 9.90 Å². The van der Waals surface area contributed by atoms with Crippen molar-refractivity contribution in [2.45, 2.75) is 27.3 Å². The summed E-state index contributed by atoms with van der Waals surface area (Å²) in [6.07, 6.45) is 0. The van der Waals surface area contributed by atoms with Gasteiger partial charge in [-0.3, -0.25) is 9.79 Å². The van der Waals surface area contributed by atoms with Gasteiger partial charge in [-0.2, -0.15) is 0 Å². The highest BCUT2D eigenvalue weighted by atomic mass is 127. The molecule has 1 aliphatic rings. The first-order chi connectivity index (χ1) is 12.3. The van der Waals surface area contributed by atoms with Gasteiger partial charge in [-0.25, -0.2) is 0 Å². The fraction of sp³-hybridized carbons (Fsp3) is 0.579. The highest BCUT2D eigenvalue weighted by Gasteiger charge is 2.26. The summed E-state index contributed by atoms with van der Waals surface area (Å²) in [5.74, 6) is 0.812. The molecular weight excluding hydrogens is 479 g/mol. The van der Waals surface area contributed by atoms with E-state index < -0.39 is 0 Å². The van der Waals surface area contributed by atoms with Crippen molar-refractivity contribution in [2.75, 3.05) is 39.3 Å². The number of piperazine rings is 1. The Morgan fingerprint density at radius 3 is 2.52 bits per heavy atom. The number of amides is 1. The maximum atomic E-state index is 12.6. The van der Waals surface area contributed by atoms with Crippen molar-refractivity contribution in [3.8, 4) is 0 Å². The van der Waals surface area contributed by atoms with E-state index in [-0.39, 0.29) is 41.9 Å². The third-order valence-corrected chi connectivity index (χ3v) is 4.58. The summed E-state index contributed by atoms with van der Waals surface area (Å²) in [6, 6.07) is 7.59. The zero-order chi connectivity index (χ0) is 19.2. The molecule has 1 amide bonds. The third-order valence-electron chi connectivity index (χ3n) is 4.32. The van der Waals surface area contributed by atoms with Crippen molar-refractivity contribution in [1.82, 2.24) is 15.1 Å². The van der Waals surface area contributed by atoms with Crippen molar-refractivity contribution >= 4 is 47.4 Å². The van der Waals surface area contributed by atoms with E-state index in [9.17, 15) is 9.90 Å². The Morgan fingerprint density at radius 1 is 1.30 bits per heavy atom. The maximum Gasteiger partial charge on any atom is 0.242 e. The third kappa shape index (κ3) is 7.46. The lowest BCUT2D eigenvalue weighted by Gasteiger charge is -2.36. The van der Waals surface area contributed by atoms with Gasteiger partial charge in [0.2, 0.25) is 5.91 Å². The van der Waals surface area contributed by atoms with Crippen LogP contribution in [0, 0.1) is 5.41 Å². The van der Waals surface area contributed by atoms with E-state index in [4.69, 9.17) is 11.6 Å². The molecule has 1 aliphatic heterocycles. The molecule has 0 bridgehead atoms. The van der Waals surface area contributed by atoms with Crippen molar-refractivity contribution in [1.29, 1.82) is 0 Å². The average Bonchev–Trinajstić information content (AvgIpc) is 2.62. The maximum absolute atomic E-state index is 12.6. The number of halogens is 2. The predicted molar refractivity (Wildman–Crippen MR) is 121 cm³/mol. The summed E-state index contributed by atoms with van der Waals surface area (Å²) in [6.45, 7) is 9.52. The number of benzene rings is 1. The molecule has 1 saturated heterocycles. The first-order valence-electron chi connectivity index (χ1n) is 9.01. The van der Waals surface area contributed by atoms with Crippen LogP contribution in [0.4, 0.5) is 0 Å². The molecule has 0 atom stereocenters. The molecule has 1 fully saturated rings.